The number of aromatic nitrogens is 2. The molecule has 6 heteroatoms. The number of hydrogen-bond donors (Lipinski definition) is 1. The van der Waals surface area contributed by atoms with Crippen LogP contribution >= 0.6 is 0 Å². The second-order valence-electron chi connectivity index (χ2n) is 6.67. The van der Waals surface area contributed by atoms with Crippen LogP contribution in [0.5, 0.6) is 0 Å². The maximum Gasteiger partial charge on any atom is 0.308 e. The van der Waals surface area contributed by atoms with Gasteiger partial charge < -0.3 is 10.0 Å². The molecule has 2 aromatic rings. The second kappa shape index (κ2) is 6.70. The summed E-state index contributed by atoms with van der Waals surface area (Å²) in [6.45, 7) is 6.27. The summed E-state index contributed by atoms with van der Waals surface area (Å²) in [6.07, 6.45) is 2.90. The lowest BCUT2D eigenvalue weighted by Crippen LogP contribution is -2.49. The SMILES string of the molecule is Cc1ccccc1-n1ncc(C(=O)N2CCC[C@@H](C(=O)O)[C@H]2C)c1C. The maximum absolute atomic E-state index is 13.0. The molecule has 3 rings (SSSR count). The van der Waals surface area contributed by atoms with Gasteiger partial charge in [-0.15, -0.1) is 0 Å². The van der Waals surface area contributed by atoms with Crippen LogP contribution in [0.1, 0.15) is 41.4 Å². The van der Waals surface area contributed by atoms with Gasteiger partial charge in [0.05, 0.1) is 29.1 Å². The molecule has 6 nitrogen and oxygen atoms in total. The quantitative estimate of drug-likeness (QED) is 0.931. The van der Waals surface area contributed by atoms with Gasteiger partial charge in [-0.3, -0.25) is 9.59 Å². The monoisotopic (exact) mass is 341 g/mol. The summed E-state index contributed by atoms with van der Waals surface area (Å²) in [5.41, 5.74) is 3.31. The number of amides is 1. The molecule has 0 bridgehead atoms. The highest BCUT2D eigenvalue weighted by atomic mass is 16.4. The van der Waals surface area contributed by atoms with Crippen LogP contribution in [0, 0.1) is 19.8 Å². The molecule has 0 unspecified atom stereocenters. The fraction of sp³-hybridized carbons (Fsp3) is 0.421. The highest BCUT2D eigenvalue weighted by Gasteiger charge is 2.36. The standard InChI is InChI=1S/C19H23N3O3/c1-12-7-4-5-9-17(12)22-14(3)16(11-20-22)18(23)21-10-6-8-15(13(21)2)19(24)25/h4-5,7,9,11,13,15H,6,8,10H2,1-3H3,(H,24,25)/t13-,15-/m1/s1. The number of aliphatic carboxylic acids is 1. The Morgan fingerprint density at radius 1 is 1.24 bits per heavy atom. The number of likely N-dealkylation sites (tertiary alicyclic amines) is 1. The lowest BCUT2D eigenvalue weighted by molar-refractivity contribution is -0.144. The van der Waals surface area contributed by atoms with Gasteiger partial charge in [0.25, 0.3) is 5.91 Å². The molecule has 25 heavy (non-hydrogen) atoms. The summed E-state index contributed by atoms with van der Waals surface area (Å²) < 4.78 is 1.77. The molecule has 2 atom stereocenters. The van der Waals surface area contributed by atoms with Crippen LogP contribution < -0.4 is 0 Å². The Balaban J connectivity index is 1.91. The summed E-state index contributed by atoms with van der Waals surface area (Å²) in [5, 5.41) is 13.8. The van der Waals surface area contributed by atoms with Crippen LogP contribution in [0.25, 0.3) is 5.69 Å². The number of carboxylic acid groups (broad SMARTS) is 1. The van der Waals surface area contributed by atoms with E-state index in [0.29, 0.717) is 24.9 Å². The van der Waals surface area contributed by atoms with Crippen LogP contribution in [0.3, 0.4) is 0 Å². The van der Waals surface area contributed by atoms with E-state index in [-0.39, 0.29) is 11.9 Å². The number of rotatable bonds is 3. The summed E-state index contributed by atoms with van der Waals surface area (Å²) in [6, 6.07) is 7.55. The Morgan fingerprint density at radius 2 is 1.96 bits per heavy atom. The van der Waals surface area contributed by atoms with Crippen molar-refractivity contribution in [3.8, 4) is 5.69 Å². The maximum atomic E-state index is 13.0. The average Bonchev–Trinajstić information content (AvgIpc) is 2.96. The topological polar surface area (TPSA) is 75.4 Å². The van der Waals surface area contributed by atoms with E-state index in [1.165, 1.54) is 0 Å². The second-order valence-corrected chi connectivity index (χ2v) is 6.67. The van der Waals surface area contributed by atoms with E-state index >= 15 is 0 Å². The molecule has 1 aliphatic heterocycles. The van der Waals surface area contributed by atoms with Gasteiger partial charge in [0.15, 0.2) is 0 Å². The van der Waals surface area contributed by atoms with Crippen LogP contribution in [-0.2, 0) is 4.79 Å². The molecule has 1 aromatic carbocycles. The van der Waals surface area contributed by atoms with Crippen molar-refractivity contribution in [1.29, 1.82) is 0 Å². The minimum atomic E-state index is -0.836. The van der Waals surface area contributed by atoms with Crippen molar-refractivity contribution in [3.63, 3.8) is 0 Å². The molecule has 0 spiro atoms. The summed E-state index contributed by atoms with van der Waals surface area (Å²) >= 11 is 0. The Bertz CT molecular complexity index is 812. The Morgan fingerprint density at radius 3 is 2.64 bits per heavy atom. The van der Waals surface area contributed by atoms with Gasteiger partial charge in [-0.25, -0.2) is 4.68 Å². The van der Waals surface area contributed by atoms with Crippen LogP contribution in [0.4, 0.5) is 0 Å². The van der Waals surface area contributed by atoms with E-state index in [9.17, 15) is 14.7 Å². The Hall–Kier alpha value is -2.63. The minimum absolute atomic E-state index is 0.143. The molecule has 0 radical (unpaired) electrons. The highest BCUT2D eigenvalue weighted by molar-refractivity contribution is 5.95. The minimum Gasteiger partial charge on any atom is -0.481 e. The van der Waals surface area contributed by atoms with Crippen molar-refractivity contribution >= 4 is 11.9 Å². The van der Waals surface area contributed by atoms with E-state index in [1.807, 2.05) is 45.0 Å². The van der Waals surface area contributed by atoms with Crippen LogP contribution in [0.15, 0.2) is 30.5 Å². The van der Waals surface area contributed by atoms with Gasteiger partial charge in [-0.05, 0) is 45.2 Å². The first-order valence-electron chi connectivity index (χ1n) is 8.56. The molecular weight excluding hydrogens is 318 g/mol. The highest BCUT2D eigenvalue weighted by Crippen LogP contribution is 2.27. The fourth-order valence-corrected chi connectivity index (χ4v) is 3.58. The van der Waals surface area contributed by atoms with Gasteiger partial charge in [0, 0.05) is 12.6 Å². The summed E-state index contributed by atoms with van der Waals surface area (Å²) in [7, 11) is 0. The van der Waals surface area contributed by atoms with Crippen molar-refractivity contribution in [2.45, 2.75) is 39.7 Å². The zero-order chi connectivity index (χ0) is 18.1. The van der Waals surface area contributed by atoms with Crippen molar-refractivity contribution in [2.75, 3.05) is 6.54 Å². The third kappa shape index (κ3) is 3.04. The fourth-order valence-electron chi connectivity index (χ4n) is 3.58. The van der Waals surface area contributed by atoms with E-state index in [1.54, 1.807) is 15.8 Å². The number of benzene rings is 1. The smallest absolute Gasteiger partial charge is 0.308 e. The van der Waals surface area contributed by atoms with E-state index in [4.69, 9.17) is 0 Å². The molecule has 1 fully saturated rings. The van der Waals surface area contributed by atoms with Gasteiger partial charge in [0.1, 0.15) is 0 Å². The molecule has 0 saturated carbocycles. The lowest BCUT2D eigenvalue weighted by atomic mass is 9.90. The summed E-state index contributed by atoms with van der Waals surface area (Å²) in [4.78, 5) is 26.1. The van der Waals surface area contributed by atoms with Gasteiger partial charge in [0.2, 0.25) is 0 Å². The van der Waals surface area contributed by atoms with Crippen LogP contribution in [0.2, 0.25) is 0 Å². The first kappa shape index (κ1) is 17.2. The number of hydrogen-bond acceptors (Lipinski definition) is 3. The van der Waals surface area contributed by atoms with E-state index in [2.05, 4.69) is 5.10 Å². The van der Waals surface area contributed by atoms with Crippen molar-refractivity contribution < 1.29 is 14.7 Å². The zero-order valence-electron chi connectivity index (χ0n) is 14.8. The number of aryl methyl sites for hydroxylation is 1. The molecule has 1 N–H and O–H groups in total. The zero-order valence-corrected chi connectivity index (χ0v) is 14.8. The number of para-hydroxylation sites is 1. The molecule has 2 heterocycles. The molecule has 1 amide bonds. The number of carboxylic acids is 1. The number of carbonyl (C=O) groups is 2. The Kier molecular flexibility index (Phi) is 4.61. The summed E-state index contributed by atoms with van der Waals surface area (Å²) in [5.74, 6) is -1.49. The van der Waals surface area contributed by atoms with E-state index < -0.39 is 11.9 Å². The lowest BCUT2D eigenvalue weighted by Gasteiger charge is -2.37. The first-order valence-corrected chi connectivity index (χ1v) is 8.56. The Labute approximate surface area is 147 Å². The predicted molar refractivity (Wildman–Crippen MR) is 93.9 cm³/mol. The molecular formula is C19H23N3O3. The molecule has 1 aliphatic rings. The largest absolute Gasteiger partial charge is 0.481 e. The van der Waals surface area contributed by atoms with Crippen molar-refractivity contribution in [3.05, 3.63) is 47.3 Å². The van der Waals surface area contributed by atoms with Crippen LogP contribution in [-0.4, -0.2) is 44.3 Å². The average molecular weight is 341 g/mol. The van der Waals surface area contributed by atoms with Gasteiger partial charge in [-0.1, -0.05) is 18.2 Å². The van der Waals surface area contributed by atoms with Crippen molar-refractivity contribution in [2.24, 2.45) is 5.92 Å². The van der Waals surface area contributed by atoms with Gasteiger partial charge >= 0.3 is 5.97 Å². The molecule has 1 aromatic heterocycles. The number of piperidine rings is 1. The molecule has 0 aliphatic carbocycles. The van der Waals surface area contributed by atoms with E-state index in [0.717, 1.165) is 16.9 Å². The first-order chi connectivity index (χ1) is 11.9. The normalized spacial score (nSPS) is 20.5. The third-order valence-electron chi connectivity index (χ3n) is 5.15. The third-order valence-corrected chi connectivity index (χ3v) is 5.15. The number of carbonyl (C=O) groups excluding carboxylic acids is 1. The molecule has 1 saturated heterocycles. The predicted octanol–water partition coefficient (Wildman–Crippen LogP) is 2.81. The number of nitrogens with zero attached hydrogens (tertiary/aromatic N) is 3. The van der Waals surface area contributed by atoms with Crippen molar-refractivity contribution in [1.82, 2.24) is 14.7 Å². The molecule has 132 valence electrons. The van der Waals surface area contributed by atoms with Gasteiger partial charge in [-0.2, -0.15) is 5.10 Å².